The summed E-state index contributed by atoms with van der Waals surface area (Å²) in [5.41, 5.74) is -4.17. The number of hydrogen-bond acceptors (Lipinski definition) is 4. The van der Waals surface area contributed by atoms with Crippen LogP contribution in [0.2, 0.25) is 0 Å². The van der Waals surface area contributed by atoms with E-state index in [1.54, 1.807) is 0 Å². The number of unbranched alkanes of at least 4 members (excludes halogenated alkanes) is 3. The molecule has 2 amide bonds. The number of rotatable bonds is 14. The Labute approximate surface area is 186 Å². The van der Waals surface area contributed by atoms with Crippen molar-refractivity contribution in [2.24, 2.45) is 0 Å². The van der Waals surface area contributed by atoms with Gasteiger partial charge in [0.1, 0.15) is 0 Å². The minimum absolute atomic E-state index is 0.0160. The van der Waals surface area contributed by atoms with Crippen LogP contribution in [0.15, 0.2) is 18.2 Å². The fraction of sp³-hybridized carbons (Fsp3) is 0.600. The van der Waals surface area contributed by atoms with E-state index in [-0.39, 0.29) is 38.3 Å². The molecule has 0 aliphatic rings. The molecule has 1 rings (SSSR count). The van der Waals surface area contributed by atoms with Crippen molar-refractivity contribution in [2.75, 3.05) is 38.3 Å². The number of carboxylic acids is 1. The SMILES string of the molecule is O=C(O)CCCCCCOCCOCCNC(=O)Nc1ccc(C(F)(F)F)c(C(F)(F)F)c1. The van der Waals surface area contributed by atoms with Gasteiger partial charge in [-0.2, -0.15) is 26.3 Å². The van der Waals surface area contributed by atoms with E-state index in [1.807, 2.05) is 5.32 Å². The molecule has 0 aliphatic carbocycles. The first-order chi connectivity index (χ1) is 15.4. The molecule has 0 unspecified atom stereocenters. The molecule has 188 valence electrons. The maximum Gasteiger partial charge on any atom is 0.417 e. The predicted molar refractivity (Wildman–Crippen MR) is 106 cm³/mol. The summed E-state index contributed by atoms with van der Waals surface area (Å²) in [6.07, 6.45) is -7.19. The number of urea groups is 1. The second-order valence-corrected chi connectivity index (χ2v) is 6.92. The van der Waals surface area contributed by atoms with E-state index in [0.29, 0.717) is 19.6 Å². The molecule has 13 heteroatoms. The van der Waals surface area contributed by atoms with Crippen LogP contribution in [-0.4, -0.2) is 50.1 Å². The maximum atomic E-state index is 12.9. The number of alkyl halides is 6. The molecule has 7 nitrogen and oxygen atoms in total. The number of benzene rings is 1. The molecule has 0 aliphatic heterocycles. The molecule has 3 N–H and O–H groups in total. The minimum atomic E-state index is -5.24. The van der Waals surface area contributed by atoms with Crippen LogP contribution in [0.25, 0.3) is 0 Å². The first-order valence-electron chi connectivity index (χ1n) is 10.1. The number of ether oxygens (including phenoxy) is 2. The Balaban J connectivity index is 2.21. The van der Waals surface area contributed by atoms with Gasteiger partial charge in [0.05, 0.1) is 30.9 Å². The third kappa shape index (κ3) is 12.3. The van der Waals surface area contributed by atoms with Crippen LogP contribution in [-0.2, 0) is 26.6 Å². The smallest absolute Gasteiger partial charge is 0.417 e. The molecule has 0 atom stereocenters. The van der Waals surface area contributed by atoms with E-state index >= 15 is 0 Å². The van der Waals surface area contributed by atoms with Gasteiger partial charge in [0.15, 0.2) is 0 Å². The molecule has 0 fully saturated rings. The van der Waals surface area contributed by atoms with Gasteiger partial charge in [0.2, 0.25) is 0 Å². The highest BCUT2D eigenvalue weighted by molar-refractivity contribution is 5.89. The Morgan fingerprint density at radius 1 is 0.818 bits per heavy atom. The topological polar surface area (TPSA) is 96.9 Å². The van der Waals surface area contributed by atoms with Crippen LogP contribution in [0.3, 0.4) is 0 Å². The fourth-order valence-corrected chi connectivity index (χ4v) is 2.67. The number of amides is 2. The minimum Gasteiger partial charge on any atom is -0.481 e. The third-order valence-electron chi connectivity index (χ3n) is 4.22. The second kappa shape index (κ2) is 13.9. The van der Waals surface area contributed by atoms with Crippen LogP contribution < -0.4 is 10.6 Å². The molecule has 0 bridgehead atoms. The van der Waals surface area contributed by atoms with E-state index in [1.165, 1.54) is 0 Å². The van der Waals surface area contributed by atoms with Crippen molar-refractivity contribution >= 4 is 17.7 Å². The van der Waals surface area contributed by atoms with Gasteiger partial charge in [-0.1, -0.05) is 12.8 Å². The maximum absolute atomic E-state index is 12.9. The molecule has 0 radical (unpaired) electrons. The van der Waals surface area contributed by atoms with Gasteiger partial charge >= 0.3 is 24.4 Å². The Morgan fingerprint density at radius 2 is 1.42 bits per heavy atom. The molecular weight excluding hydrogens is 462 g/mol. The normalized spacial score (nSPS) is 11.9. The highest BCUT2D eigenvalue weighted by Gasteiger charge is 2.43. The van der Waals surface area contributed by atoms with Crippen LogP contribution >= 0.6 is 0 Å². The number of aliphatic carboxylic acids is 1. The van der Waals surface area contributed by atoms with E-state index in [4.69, 9.17) is 14.6 Å². The van der Waals surface area contributed by atoms with Gasteiger partial charge in [0.25, 0.3) is 0 Å². The Bertz CT molecular complexity index is 755. The molecule has 0 aromatic heterocycles. The van der Waals surface area contributed by atoms with Crippen LogP contribution in [0.4, 0.5) is 36.8 Å². The second-order valence-electron chi connectivity index (χ2n) is 6.92. The number of carbonyl (C=O) groups excluding carboxylic acids is 1. The summed E-state index contributed by atoms with van der Waals surface area (Å²) in [5.74, 6) is -0.814. The average Bonchev–Trinajstić information content (AvgIpc) is 2.69. The third-order valence-corrected chi connectivity index (χ3v) is 4.22. The zero-order valence-corrected chi connectivity index (χ0v) is 17.7. The lowest BCUT2D eigenvalue weighted by molar-refractivity contribution is -0.162. The lowest BCUT2D eigenvalue weighted by Crippen LogP contribution is -2.32. The van der Waals surface area contributed by atoms with Crippen LogP contribution in [0, 0.1) is 0 Å². The molecule has 0 saturated carbocycles. The summed E-state index contributed by atoms with van der Waals surface area (Å²) in [6, 6.07) is 0.322. The zero-order valence-electron chi connectivity index (χ0n) is 17.7. The van der Waals surface area contributed by atoms with E-state index < -0.39 is 41.2 Å². The fourth-order valence-electron chi connectivity index (χ4n) is 2.67. The number of anilines is 1. The van der Waals surface area contributed by atoms with Crippen LogP contribution in [0.1, 0.15) is 43.2 Å². The highest BCUT2D eigenvalue weighted by atomic mass is 19.4. The van der Waals surface area contributed by atoms with Crippen molar-refractivity contribution in [1.82, 2.24) is 5.32 Å². The quantitative estimate of drug-likeness (QED) is 0.255. The standard InChI is InChI=1S/C20H26F6N2O5/c21-19(22,23)15-7-6-14(13-16(15)20(24,25)26)28-18(31)27-8-10-33-12-11-32-9-4-2-1-3-5-17(29)30/h6-7,13H,1-5,8-12H2,(H,29,30)(H2,27,28,31). The molecule has 0 heterocycles. The van der Waals surface area contributed by atoms with Gasteiger partial charge in [-0.3, -0.25) is 4.79 Å². The van der Waals surface area contributed by atoms with E-state index in [2.05, 4.69) is 5.32 Å². The largest absolute Gasteiger partial charge is 0.481 e. The zero-order chi connectivity index (χ0) is 24.9. The van der Waals surface area contributed by atoms with E-state index in [0.717, 1.165) is 25.3 Å². The first-order valence-corrected chi connectivity index (χ1v) is 10.1. The summed E-state index contributed by atoms with van der Waals surface area (Å²) in [4.78, 5) is 22.1. The van der Waals surface area contributed by atoms with Crippen molar-refractivity contribution in [2.45, 2.75) is 44.5 Å². The Hall–Kier alpha value is -2.54. The van der Waals surface area contributed by atoms with Crippen molar-refractivity contribution in [1.29, 1.82) is 0 Å². The Kier molecular flexibility index (Phi) is 12.0. The van der Waals surface area contributed by atoms with Crippen molar-refractivity contribution in [3.63, 3.8) is 0 Å². The summed E-state index contributed by atoms with van der Waals surface area (Å²) in [5, 5.41) is 12.9. The summed E-state index contributed by atoms with van der Waals surface area (Å²) in [6.45, 7) is 1.17. The molecule has 33 heavy (non-hydrogen) atoms. The lowest BCUT2D eigenvalue weighted by Gasteiger charge is -2.17. The number of halogens is 6. The predicted octanol–water partition coefficient (Wildman–Crippen LogP) is 4.91. The van der Waals surface area contributed by atoms with Gasteiger partial charge in [-0.15, -0.1) is 0 Å². The average molecular weight is 488 g/mol. The van der Waals surface area contributed by atoms with Crippen molar-refractivity contribution < 1.29 is 50.5 Å². The molecule has 1 aromatic rings. The molecule has 1 aromatic carbocycles. The molecule has 0 spiro atoms. The number of hydrogen-bond donors (Lipinski definition) is 3. The van der Waals surface area contributed by atoms with Crippen molar-refractivity contribution in [3.05, 3.63) is 29.3 Å². The Morgan fingerprint density at radius 3 is 2.03 bits per heavy atom. The summed E-state index contributed by atoms with van der Waals surface area (Å²) < 4.78 is 87.6. The number of carbonyl (C=O) groups is 2. The van der Waals surface area contributed by atoms with Gasteiger partial charge < -0.3 is 25.2 Å². The number of nitrogens with one attached hydrogen (secondary N) is 2. The van der Waals surface area contributed by atoms with Gasteiger partial charge in [-0.05, 0) is 31.0 Å². The summed E-state index contributed by atoms with van der Waals surface area (Å²) >= 11 is 0. The first kappa shape index (κ1) is 28.5. The summed E-state index contributed by atoms with van der Waals surface area (Å²) in [7, 11) is 0. The van der Waals surface area contributed by atoms with E-state index in [9.17, 15) is 35.9 Å². The van der Waals surface area contributed by atoms with Gasteiger partial charge in [-0.25, -0.2) is 4.79 Å². The molecular formula is C20H26F6N2O5. The number of carboxylic acid groups (broad SMARTS) is 1. The highest BCUT2D eigenvalue weighted by Crippen LogP contribution is 2.41. The lowest BCUT2D eigenvalue weighted by atomic mass is 10.1. The van der Waals surface area contributed by atoms with Crippen molar-refractivity contribution in [3.8, 4) is 0 Å². The van der Waals surface area contributed by atoms with Crippen LogP contribution in [0.5, 0.6) is 0 Å². The monoisotopic (exact) mass is 488 g/mol. The molecule has 0 saturated heterocycles. The van der Waals surface area contributed by atoms with Gasteiger partial charge in [0, 0.05) is 25.3 Å².